The fourth-order valence-electron chi connectivity index (χ4n) is 2.18. The highest BCUT2D eigenvalue weighted by molar-refractivity contribution is 6.34. The molecule has 1 heterocycles. The van der Waals surface area contributed by atoms with Crippen molar-refractivity contribution in [3.63, 3.8) is 0 Å². The van der Waals surface area contributed by atoms with Crippen molar-refractivity contribution in [3.05, 3.63) is 70.9 Å². The topological polar surface area (TPSA) is 51.2 Å². The first-order valence-corrected chi connectivity index (χ1v) is 6.36. The Morgan fingerprint density at radius 3 is 2.53 bits per heavy atom. The van der Waals surface area contributed by atoms with E-state index in [9.17, 15) is 0 Å². The molecule has 0 aliphatic heterocycles. The third-order valence-corrected chi connectivity index (χ3v) is 3.40. The van der Waals surface area contributed by atoms with Crippen LogP contribution in [0.5, 0.6) is 0 Å². The number of hydrogen-bond acceptors (Lipinski definition) is 3. The molecule has 0 spiro atoms. The molecule has 0 radical (unpaired) electrons. The molecule has 3 aromatic rings. The van der Waals surface area contributed by atoms with Crippen LogP contribution in [0.4, 0.5) is 0 Å². The molecular weight excluding hydrogens is 260 g/mol. The number of hydrogen-bond donors (Lipinski definition) is 2. The molecule has 0 amide bonds. The highest BCUT2D eigenvalue weighted by atomic mass is 35.5. The van der Waals surface area contributed by atoms with Crippen molar-refractivity contribution in [2.45, 2.75) is 6.04 Å². The summed E-state index contributed by atoms with van der Waals surface area (Å²) in [6.45, 7) is 0. The van der Waals surface area contributed by atoms with Gasteiger partial charge < -0.3 is 4.42 Å². The van der Waals surface area contributed by atoms with Crippen LogP contribution in [0.15, 0.2) is 59.0 Å². The summed E-state index contributed by atoms with van der Waals surface area (Å²) >= 11 is 6.12. The lowest BCUT2D eigenvalue weighted by Crippen LogP contribution is -2.28. The monoisotopic (exact) mass is 272 g/mol. The lowest BCUT2D eigenvalue weighted by molar-refractivity contribution is 0.477. The summed E-state index contributed by atoms with van der Waals surface area (Å²) in [5, 5.41) is 1.58. The van der Waals surface area contributed by atoms with Crippen LogP contribution in [-0.4, -0.2) is 0 Å². The lowest BCUT2D eigenvalue weighted by Gasteiger charge is -2.13. The summed E-state index contributed by atoms with van der Waals surface area (Å²) in [5.74, 6) is 6.40. The molecule has 0 aliphatic carbocycles. The van der Waals surface area contributed by atoms with Gasteiger partial charge in [0.15, 0.2) is 5.58 Å². The van der Waals surface area contributed by atoms with E-state index in [4.69, 9.17) is 21.9 Å². The van der Waals surface area contributed by atoms with E-state index in [-0.39, 0.29) is 6.04 Å². The van der Waals surface area contributed by atoms with Gasteiger partial charge in [-0.3, -0.25) is 5.84 Å². The van der Waals surface area contributed by atoms with Gasteiger partial charge in [0, 0.05) is 5.39 Å². The third-order valence-electron chi connectivity index (χ3n) is 3.10. The summed E-state index contributed by atoms with van der Waals surface area (Å²) in [6.07, 6.45) is 0. The molecular formula is C15H13ClN2O. The smallest absolute Gasteiger partial charge is 0.152 e. The van der Waals surface area contributed by atoms with E-state index in [1.165, 1.54) is 0 Å². The zero-order chi connectivity index (χ0) is 13.2. The van der Waals surface area contributed by atoms with Gasteiger partial charge in [0.2, 0.25) is 0 Å². The molecule has 1 atom stereocenters. The minimum atomic E-state index is -0.190. The number of para-hydroxylation sites is 1. The molecule has 1 unspecified atom stereocenters. The zero-order valence-electron chi connectivity index (χ0n) is 10.1. The average molecular weight is 273 g/mol. The Labute approximate surface area is 115 Å². The molecule has 1 aromatic heterocycles. The molecule has 0 saturated heterocycles. The van der Waals surface area contributed by atoms with Gasteiger partial charge in [0.25, 0.3) is 0 Å². The molecule has 3 N–H and O–H groups in total. The normalized spacial score (nSPS) is 12.7. The summed E-state index contributed by atoms with van der Waals surface area (Å²) in [6, 6.07) is 17.3. The van der Waals surface area contributed by atoms with E-state index in [0.29, 0.717) is 10.6 Å². The van der Waals surface area contributed by atoms with E-state index < -0.39 is 0 Å². The molecule has 3 nitrogen and oxygen atoms in total. The van der Waals surface area contributed by atoms with Crippen molar-refractivity contribution in [2.24, 2.45) is 5.84 Å². The van der Waals surface area contributed by atoms with Gasteiger partial charge in [0.1, 0.15) is 11.8 Å². The van der Waals surface area contributed by atoms with E-state index in [2.05, 4.69) is 5.43 Å². The molecule has 96 valence electrons. The summed E-state index contributed by atoms with van der Waals surface area (Å²) in [7, 11) is 0. The number of fused-ring (bicyclic) bond motifs is 1. The van der Waals surface area contributed by atoms with E-state index in [0.717, 1.165) is 16.7 Å². The van der Waals surface area contributed by atoms with Crippen molar-refractivity contribution < 1.29 is 4.42 Å². The molecule has 0 saturated carbocycles. The van der Waals surface area contributed by atoms with Crippen LogP contribution in [0.25, 0.3) is 11.0 Å². The van der Waals surface area contributed by atoms with E-state index >= 15 is 0 Å². The predicted octanol–water partition coefficient (Wildman–Crippen LogP) is 3.64. The third kappa shape index (κ3) is 2.24. The molecule has 3 rings (SSSR count). The predicted molar refractivity (Wildman–Crippen MR) is 76.8 cm³/mol. The second kappa shape index (κ2) is 5.05. The van der Waals surface area contributed by atoms with Crippen LogP contribution in [-0.2, 0) is 0 Å². The van der Waals surface area contributed by atoms with Gasteiger partial charge in [-0.1, -0.05) is 54.1 Å². The van der Waals surface area contributed by atoms with Crippen LogP contribution < -0.4 is 11.3 Å². The Kier molecular flexibility index (Phi) is 3.25. The maximum absolute atomic E-state index is 6.12. The summed E-state index contributed by atoms with van der Waals surface area (Å²) < 4.78 is 5.83. The Bertz CT molecular complexity index is 694. The van der Waals surface area contributed by atoms with Crippen LogP contribution in [0, 0.1) is 0 Å². The van der Waals surface area contributed by atoms with Gasteiger partial charge in [-0.05, 0) is 17.7 Å². The maximum Gasteiger partial charge on any atom is 0.152 e. The number of halogens is 1. The van der Waals surface area contributed by atoms with Crippen molar-refractivity contribution in [1.82, 2.24) is 5.43 Å². The summed E-state index contributed by atoms with van der Waals surface area (Å²) in [5.41, 5.74) is 4.51. The van der Waals surface area contributed by atoms with Crippen LogP contribution in [0.1, 0.15) is 17.4 Å². The minimum absolute atomic E-state index is 0.190. The van der Waals surface area contributed by atoms with E-state index in [1.54, 1.807) is 0 Å². The van der Waals surface area contributed by atoms with Crippen molar-refractivity contribution in [3.8, 4) is 0 Å². The summed E-state index contributed by atoms with van der Waals surface area (Å²) in [4.78, 5) is 0. The number of hydrazine groups is 1. The number of benzene rings is 2. The first kappa shape index (κ1) is 12.2. The molecule has 0 fully saturated rings. The molecule has 2 aromatic carbocycles. The highest BCUT2D eigenvalue weighted by Gasteiger charge is 2.17. The van der Waals surface area contributed by atoms with E-state index in [1.807, 2.05) is 54.6 Å². The standard InChI is InChI=1S/C15H13ClN2O/c16-12-8-4-7-11-9-13(19-15(11)12)14(18-17)10-5-2-1-3-6-10/h1-9,14,18H,17H2. The van der Waals surface area contributed by atoms with Gasteiger partial charge in [0.05, 0.1) is 5.02 Å². The number of rotatable bonds is 3. The van der Waals surface area contributed by atoms with Gasteiger partial charge in [-0.15, -0.1) is 0 Å². The first-order valence-electron chi connectivity index (χ1n) is 5.98. The fourth-order valence-corrected chi connectivity index (χ4v) is 2.40. The van der Waals surface area contributed by atoms with Crippen molar-refractivity contribution >= 4 is 22.6 Å². The Morgan fingerprint density at radius 2 is 1.84 bits per heavy atom. The molecule has 19 heavy (non-hydrogen) atoms. The lowest BCUT2D eigenvalue weighted by atomic mass is 10.1. The van der Waals surface area contributed by atoms with Gasteiger partial charge in [-0.2, -0.15) is 0 Å². The minimum Gasteiger partial charge on any atom is -0.457 e. The van der Waals surface area contributed by atoms with Gasteiger partial charge in [-0.25, -0.2) is 5.43 Å². The average Bonchev–Trinajstić information content (AvgIpc) is 2.86. The fraction of sp³-hybridized carbons (Fsp3) is 0.0667. The van der Waals surface area contributed by atoms with Crippen LogP contribution >= 0.6 is 11.6 Å². The SMILES string of the molecule is NNC(c1ccccc1)c1cc2cccc(Cl)c2o1. The van der Waals surface area contributed by atoms with Gasteiger partial charge >= 0.3 is 0 Å². The maximum atomic E-state index is 6.12. The Morgan fingerprint density at radius 1 is 1.05 bits per heavy atom. The quantitative estimate of drug-likeness (QED) is 0.565. The second-order valence-corrected chi connectivity index (χ2v) is 4.72. The molecule has 0 aliphatic rings. The Balaban J connectivity index is 2.09. The van der Waals surface area contributed by atoms with Crippen LogP contribution in [0.2, 0.25) is 5.02 Å². The number of nitrogens with one attached hydrogen (secondary N) is 1. The molecule has 0 bridgehead atoms. The van der Waals surface area contributed by atoms with Crippen LogP contribution in [0.3, 0.4) is 0 Å². The second-order valence-electron chi connectivity index (χ2n) is 4.32. The largest absolute Gasteiger partial charge is 0.457 e. The molecule has 4 heteroatoms. The first-order chi connectivity index (χ1) is 9.29. The number of furan rings is 1. The van der Waals surface area contributed by atoms with Crippen molar-refractivity contribution in [2.75, 3.05) is 0 Å². The van der Waals surface area contributed by atoms with Crippen molar-refractivity contribution in [1.29, 1.82) is 0 Å². The number of nitrogens with two attached hydrogens (primary N) is 1. The Hall–Kier alpha value is -1.81. The highest BCUT2D eigenvalue weighted by Crippen LogP contribution is 2.31. The zero-order valence-corrected chi connectivity index (χ0v) is 10.9.